The zero-order chi connectivity index (χ0) is 13.7. The van der Waals surface area contributed by atoms with Gasteiger partial charge in [0.05, 0.1) is 11.9 Å². The number of aromatic nitrogens is 2. The number of hydrogen-bond donors (Lipinski definition) is 1. The van der Waals surface area contributed by atoms with Crippen LogP contribution >= 0.6 is 0 Å². The maximum atomic E-state index is 4.50. The number of unbranched alkanes of at least 4 members (excludes halogenated alkanes) is 1. The smallest absolute Gasteiger partial charge is 0.0651 e. The average Bonchev–Trinajstić information content (AvgIpc) is 2.76. The number of nitrogens with zero attached hydrogens (tertiary/aromatic N) is 2. The molecule has 0 atom stereocenters. The molecule has 2 rings (SSSR count). The summed E-state index contributed by atoms with van der Waals surface area (Å²) in [6.07, 6.45) is 4.43. The third-order valence-electron chi connectivity index (χ3n) is 3.38. The van der Waals surface area contributed by atoms with E-state index in [1.807, 2.05) is 10.9 Å². The summed E-state index contributed by atoms with van der Waals surface area (Å²) >= 11 is 0. The fourth-order valence-corrected chi connectivity index (χ4v) is 2.16. The van der Waals surface area contributed by atoms with E-state index in [-0.39, 0.29) is 0 Å². The van der Waals surface area contributed by atoms with Gasteiger partial charge in [-0.1, -0.05) is 25.5 Å². The minimum absolute atomic E-state index is 0.900. The highest BCUT2D eigenvalue weighted by Crippen LogP contribution is 2.15. The summed E-state index contributed by atoms with van der Waals surface area (Å²) in [5.74, 6) is 0. The van der Waals surface area contributed by atoms with Crippen LogP contribution in [0, 0.1) is 13.8 Å². The summed E-state index contributed by atoms with van der Waals surface area (Å²) in [5.41, 5.74) is 4.89. The van der Waals surface area contributed by atoms with Gasteiger partial charge in [0.15, 0.2) is 0 Å². The van der Waals surface area contributed by atoms with Crippen molar-refractivity contribution in [3.05, 3.63) is 47.3 Å². The van der Waals surface area contributed by atoms with Gasteiger partial charge in [0, 0.05) is 17.8 Å². The molecule has 0 unspecified atom stereocenters. The van der Waals surface area contributed by atoms with Gasteiger partial charge in [-0.2, -0.15) is 5.10 Å². The number of nitrogens with one attached hydrogen (secondary N) is 1. The molecule has 1 heterocycles. The van der Waals surface area contributed by atoms with Crippen molar-refractivity contribution in [2.24, 2.45) is 0 Å². The highest BCUT2D eigenvalue weighted by molar-refractivity contribution is 5.37. The molecule has 1 aromatic carbocycles. The van der Waals surface area contributed by atoms with Gasteiger partial charge in [-0.25, -0.2) is 4.68 Å². The Labute approximate surface area is 115 Å². The molecule has 0 amide bonds. The van der Waals surface area contributed by atoms with E-state index in [4.69, 9.17) is 0 Å². The van der Waals surface area contributed by atoms with Gasteiger partial charge < -0.3 is 5.32 Å². The van der Waals surface area contributed by atoms with E-state index in [9.17, 15) is 0 Å². The zero-order valence-electron chi connectivity index (χ0n) is 12.1. The molecule has 0 fully saturated rings. The number of hydrogen-bond acceptors (Lipinski definition) is 2. The van der Waals surface area contributed by atoms with Gasteiger partial charge >= 0.3 is 0 Å². The van der Waals surface area contributed by atoms with Crippen molar-refractivity contribution >= 4 is 0 Å². The Morgan fingerprint density at radius 3 is 2.84 bits per heavy atom. The molecule has 0 radical (unpaired) electrons. The van der Waals surface area contributed by atoms with Crippen LogP contribution in [0.2, 0.25) is 0 Å². The van der Waals surface area contributed by atoms with Gasteiger partial charge in [0.25, 0.3) is 0 Å². The SMILES string of the molecule is CCCCNCc1cnn(-c2cccc(C)c2)c1C. The Morgan fingerprint density at radius 2 is 2.11 bits per heavy atom. The topological polar surface area (TPSA) is 29.9 Å². The standard InChI is InChI=1S/C16H23N3/c1-4-5-9-17-11-15-12-18-19(14(15)3)16-8-6-7-13(2)10-16/h6-8,10,12,17H,4-5,9,11H2,1-3H3. The van der Waals surface area contributed by atoms with Crippen LogP contribution in [0.1, 0.15) is 36.6 Å². The largest absolute Gasteiger partial charge is 0.313 e. The van der Waals surface area contributed by atoms with Gasteiger partial charge in [0.2, 0.25) is 0 Å². The minimum Gasteiger partial charge on any atom is -0.313 e. The summed E-state index contributed by atoms with van der Waals surface area (Å²) in [6, 6.07) is 8.44. The summed E-state index contributed by atoms with van der Waals surface area (Å²) < 4.78 is 2.02. The van der Waals surface area contributed by atoms with Crippen LogP contribution in [0.5, 0.6) is 0 Å². The lowest BCUT2D eigenvalue weighted by Crippen LogP contribution is -2.14. The van der Waals surface area contributed by atoms with Crippen molar-refractivity contribution in [1.29, 1.82) is 0 Å². The fourth-order valence-electron chi connectivity index (χ4n) is 2.16. The molecule has 0 aliphatic heterocycles. The molecular formula is C16H23N3. The predicted molar refractivity (Wildman–Crippen MR) is 79.7 cm³/mol. The van der Waals surface area contributed by atoms with E-state index in [1.54, 1.807) is 0 Å². The number of rotatable bonds is 6. The number of benzene rings is 1. The quantitative estimate of drug-likeness (QED) is 0.804. The first kappa shape index (κ1) is 13.8. The molecule has 0 bridgehead atoms. The van der Waals surface area contributed by atoms with Crippen LogP contribution in [0.25, 0.3) is 5.69 Å². The Balaban J connectivity index is 2.10. The van der Waals surface area contributed by atoms with E-state index in [2.05, 4.69) is 55.5 Å². The minimum atomic E-state index is 0.900. The molecular weight excluding hydrogens is 234 g/mol. The van der Waals surface area contributed by atoms with Crippen molar-refractivity contribution in [3.63, 3.8) is 0 Å². The van der Waals surface area contributed by atoms with Crippen molar-refractivity contribution < 1.29 is 0 Å². The van der Waals surface area contributed by atoms with Crippen molar-refractivity contribution in [2.75, 3.05) is 6.54 Å². The molecule has 0 saturated heterocycles. The van der Waals surface area contributed by atoms with E-state index in [0.29, 0.717) is 0 Å². The Kier molecular flexibility index (Phi) is 4.74. The molecule has 0 spiro atoms. The first-order valence-corrected chi connectivity index (χ1v) is 7.03. The second-order valence-corrected chi connectivity index (χ2v) is 5.04. The maximum absolute atomic E-state index is 4.50. The maximum Gasteiger partial charge on any atom is 0.0651 e. The summed E-state index contributed by atoms with van der Waals surface area (Å²) in [5, 5.41) is 7.97. The Bertz CT molecular complexity index is 529. The lowest BCUT2D eigenvalue weighted by molar-refractivity contribution is 0.639. The second-order valence-electron chi connectivity index (χ2n) is 5.04. The van der Waals surface area contributed by atoms with Gasteiger partial charge in [0.1, 0.15) is 0 Å². The van der Waals surface area contributed by atoms with Gasteiger partial charge in [-0.3, -0.25) is 0 Å². The van der Waals surface area contributed by atoms with Gasteiger partial charge in [-0.05, 0) is 44.5 Å². The zero-order valence-corrected chi connectivity index (χ0v) is 12.1. The van der Waals surface area contributed by atoms with E-state index < -0.39 is 0 Å². The second kappa shape index (κ2) is 6.53. The third-order valence-corrected chi connectivity index (χ3v) is 3.38. The van der Waals surface area contributed by atoms with Crippen molar-refractivity contribution in [2.45, 2.75) is 40.2 Å². The molecule has 3 nitrogen and oxygen atoms in total. The van der Waals surface area contributed by atoms with Crippen molar-refractivity contribution in [3.8, 4) is 5.69 Å². The third kappa shape index (κ3) is 3.44. The van der Waals surface area contributed by atoms with E-state index >= 15 is 0 Å². The first-order chi connectivity index (χ1) is 9.22. The van der Waals surface area contributed by atoms with Crippen LogP contribution in [0.4, 0.5) is 0 Å². The Morgan fingerprint density at radius 1 is 1.26 bits per heavy atom. The molecule has 19 heavy (non-hydrogen) atoms. The molecule has 0 aliphatic carbocycles. The highest BCUT2D eigenvalue weighted by atomic mass is 15.3. The molecule has 0 saturated carbocycles. The summed E-state index contributed by atoms with van der Waals surface area (Å²) in [7, 11) is 0. The summed E-state index contributed by atoms with van der Waals surface area (Å²) in [4.78, 5) is 0. The summed E-state index contributed by atoms with van der Waals surface area (Å²) in [6.45, 7) is 8.42. The monoisotopic (exact) mass is 257 g/mol. The molecule has 1 aromatic heterocycles. The van der Waals surface area contributed by atoms with Crippen LogP contribution in [0.3, 0.4) is 0 Å². The van der Waals surface area contributed by atoms with Crippen LogP contribution < -0.4 is 5.32 Å². The average molecular weight is 257 g/mol. The molecule has 3 heteroatoms. The van der Waals surface area contributed by atoms with Crippen LogP contribution in [-0.4, -0.2) is 16.3 Å². The number of aryl methyl sites for hydroxylation is 1. The lowest BCUT2D eigenvalue weighted by atomic mass is 10.2. The normalized spacial score (nSPS) is 10.9. The van der Waals surface area contributed by atoms with Crippen LogP contribution in [0.15, 0.2) is 30.5 Å². The fraction of sp³-hybridized carbons (Fsp3) is 0.438. The predicted octanol–water partition coefficient (Wildman–Crippen LogP) is 3.38. The molecule has 2 aromatic rings. The van der Waals surface area contributed by atoms with Gasteiger partial charge in [-0.15, -0.1) is 0 Å². The molecule has 102 valence electrons. The van der Waals surface area contributed by atoms with Crippen molar-refractivity contribution in [1.82, 2.24) is 15.1 Å². The van der Waals surface area contributed by atoms with E-state index in [0.717, 1.165) is 18.8 Å². The molecule has 1 N–H and O–H groups in total. The van der Waals surface area contributed by atoms with E-state index in [1.165, 1.54) is 29.7 Å². The molecule has 0 aliphatic rings. The Hall–Kier alpha value is -1.61. The highest BCUT2D eigenvalue weighted by Gasteiger charge is 2.07. The lowest BCUT2D eigenvalue weighted by Gasteiger charge is -2.07. The van der Waals surface area contributed by atoms with Crippen LogP contribution in [-0.2, 0) is 6.54 Å². The first-order valence-electron chi connectivity index (χ1n) is 7.03.